The number of benzene rings is 1. The van der Waals surface area contributed by atoms with E-state index in [-0.39, 0.29) is 12.5 Å². The van der Waals surface area contributed by atoms with Crippen LogP contribution in [0.2, 0.25) is 0 Å². The molecule has 0 aliphatic rings. The molecule has 6 nitrogen and oxygen atoms in total. The molecule has 0 saturated carbocycles. The van der Waals surface area contributed by atoms with Crippen molar-refractivity contribution in [1.82, 2.24) is 9.78 Å². The number of aromatic nitrogens is 2. The summed E-state index contributed by atoms with van der Waals surface area (Å²) in [5.74, 6) is -0.163. The Bertz CT molecular complexity index is 634. The molecular formula is C15H18N4O2. The second-order valence-corrected chi connectivity index (χ2v) is 4.64. The van der Waals surface area contributed by atoms with Crippen molar-refractivity contribution in [3.05, 3.63) is 48.3 Å². The third-order valence-corrected chi connectivity index (χ3v) is 3.03. The van der Waals surface area contributed by atoms with Crippen LogP contribution in [0.15, 0.2) is 47.9 Å². The van der Waals surface area contributed by atoms with Crippen LogP contribution in [0.5, 0.6) is 0 Å². The molecule has 0 atom stereocenters. The SMILES string of the molecule is C/C(=N\OCC(=O)N(C)c1ccccc1)c1cnn(C)c1. The lowest BCUT2D eigenvalue weighted by atomic mass is 10.2. The summed E-state index contributed by atoms with van der Waals surface area (Å²) < 4.78 is 1.68. The lowest BCUT2D eigenvalue weighted by Gasteiger charge is -2.16. The Balaban J connectivity index is 1.89. The zero-order valence-electron chi connectivity index (χ0n) is 12.4. The largest absolute Gasteiger partial charge is 0.385 e. The van der Waals surface area contributed by atoms with E-state index in [0.29, 0.717) is 5.71 Å². The minimum absolute atomic E-state index is 0.108. The van der Waals surface area contributed by atoms with Crippen molar-refractivity contribution in [3.8, 4) is 0 Å². The van der Waals surface area contributed by atoms with Crippen LogP contribution in [0.25, 0.3) is 0 Å². The molecule has 0 saturated heterocycles. The Morgan fingerprint density at radius 1 is 1.38 bits per heavy atom. The molecule has 0 unspecified atom stereocenters. The van der Waals surface area contributed by atoms with Crippen LogP contribution in [0.1, 0.15) is 12.5 Å². The van der Waals surface area contributed by atoms with Gasteiger partial charge in [-0.05, 0) is 19.1 Å². The van der Waals surface area contributed by atoms with E-state index in [9.17, 15) is 4.79 Å². The topological polar surface area (TPSA) is 59.7 Å². The number of carbonyl (C=O) groups is 1. The van der Waals surface area contributed by atoms with E-state index >= 15 is 0 Å². The number of hydrogen-bond donors (Lipinski definition) is 0. The Kier molecular flexibility index (Phi) is 4.71. The highest BCUT2D eigenvalue weighted by molar-refractivity contribution is 5.98. The maximum atomic E-state index is 12.0. The molecule has 110 valence electrons. The maximum absolute atomic E-state index is 12.0. The number of aryl methyl sites for hydroxylation is 1. The van der Waals surface area contributed by atoms with Gasteiger partial charge in [0.25, 0.3) is 5.91 Å². The van der Waals surface area contributed by atoms with Gasteiger partial charge in [-0.25, -0.2) is 0 Å². The number of likely N-dealkylation sites (N-methyl/N-ethyl adjacent to an activating group) is 1. The molecule has 0 aliphatic carbocycles. The molecule has 0 bridgehead atoms. The van der Waals surface area contributed by atoms with Crippen LogP contribution >= 0.6 is 0 Å². The number of hydrogen-bond acceptors (Lipinski definition) is 4. The van der Waals surface area contributed by atoms with Crippen molar-refractivity contribution in [3.63, 3.8) is 0 Å². The van der Waals surface area contributed by atoms with Gasteiger partial charge in [-0.2, -0.15) is 5.10 Å². The minimum atomic E-state index is -0.163. The van der Waals surface area contributed by atoms with Gasteiger partial charge >= 0.3 is 0 Å². The van der Waals surface area contributed by atoms with Gasteiger partial charge in [-0.1, -0.05) is 23.4 Å². The highest BCUT2D eigenvalue weighted by Crippen LogP contribution is 2.11. The zero-order valence-corrected chi connectivity index (χ0v) is 12.4. The molecule has 1 amide bonds. The fraction of sp³-hybridized carbons (Fsp3) is 0.267. The second-order valence-electron chi connectivity index (χ2n) is 4.64. The quantitative estimate of drug-likeness (QED) is 0.622. The van der Waals surface area contributed by atoms with E-state index in [2.05, 4.69) is 10.3 Å². The molecular weight excluding hydrogens is 268 g/mol. The predicted molar refractivity (Wildman–Crippen MR) is 81.2 cm³/mol. The van der Waals surface area contributed by atoms with Gasteiger partial charge in [0, 0.05) is 31.5 Å². The van der Waals surface area contributed by atoms with Gasteiger partial charge in [0.05, 0.1) is 11.9 Å². The van der Waals surface area contributed by atoms with Crippen LogP contribution in [-0.4, -0.2) is 35.1 Å². The second kappa shape index (κ2) is 6.69. The summed E-state index contributed by atoms with van der Waals surface area (Å²) in [6.45, 7) is 1.70. The monoisotopic (exact) mass is 286 g/mol. The molecule has 0 spiro atoms. The zero-order chi connectivity index (χ0) is 15.2. The van der Waals surface area contributed by atoms with Gasteiger partial charge in [0.1, 0.15) is 0 Å². The number of amides is 1. The van der Waals surface area contributed by atoms with Crippen molar-refractivity contribution in [2.45, 2.75) is 6.92 Å². The summed E-state index contributed by atoms with van der Waals surface area (Å²) in [6, 6.07) is 9.39. The first-order valence-corrected chi connectivity index (χ1v) is 6.55. The lowest BCUT2D eigenvalue weighted by Crippen LogP contribution is -2.29. The number of anilines is 1. The van der Waals surface area contributed by atoms with Crippen LogP contribution in [0, 0.1) is 0 Å². The molecule has 0 radical (unpaired) electrons. The smallest absolute Gasteiger partial charge is 0.267 e. The molecule has 0 aliphatic heterocycles. The summed E-state index contributed by atoms with van der Waals surface area (Å²) in [7, 11) is 3.54. The number of para-hydroxylation sites is 1. The van der Waals surface area contributed by atoms with Crippen LogP contribution < -0.4 is 4.90 Å². The summed E-state index contributed by atoms with van der Waals surface area (Å²) in [5.41, 5.74) is 2.36. The maximum Gasteiger partial charge on any atom is 0.267 e. The Hall–Kier alpha value is -2.63. The first-order chi connectivity index (χ1) is 10.1. The standard InChI is InChI=1S/C15H18N4O2/c1-12(13-9-16-18(2)10-13)17-21-11-15(20)19(3)14-7-5-4-6-8-14/h4-10H,11H2,1-3H3/b17-12+. The van der Waals surface area contributed by atoms with E-state index in [0.717, 1.165) is 11.3 Å². The van der Waals surface area contributed by atoms with Gasteiger partial charge < -0.3 is 9.74 Å². The minimum Gasteiger partial charge on any atom is -0.385 e. The molecule has 0 N–H and O–H groups in total. The average Bonchev–Trinajstić information content (AvgIpc) is 2.94. The van der Waals surface area contributed by atoms with E-state index in [4.69, 9.17) is 4.84 Å². The molecule has 1 heterocycles. The number of oxime groups is 1. The van der Waals surface area contributed by atoms with Gasteiger partial charge in [-0.15, -0.1) is 0 Å². The average molecular weight is 286 g/mol. The summed E-state index contributed by atoms with van der Waals surface area (Å²) >= 11 is 0. The fourth-order valence-corrected chi connectivity index (χ4v) is 1.74. The lowest BCUT2D eigenvalue weighted by molar-refractivity contribution is -0.122. The summed E-state index contributed by atoms with van der Waals surface area (Å²) in [4.78, 5) is 18.6. The molecule has 6 heteroatoms. The highest BCUT2D eigenvalue weighted by atomic mass is 16.6. The van der Waals surface area contributed by atoms with E-state index < -0.39 is 0 Å². The number of carbonyl (C=O) groups excluding carboxylic acids is 1. The van der Waals surface area contributed by atoms with Gasteiger partial charge in [-0.3, -0.25) is 9.48 Å². The Morgan fingerprint density at radius 2 is 2.10 bits per heavy atom. The van der Waals surface area contributed by atoms with Crippen molar-refractivity contribution in [1.29, 1.82) is 0 Å². The van der Waals surface area contributed by atoms with Gasteiger partial charge in [0.15, 0.2) is 6.61 Å². The fourth-order valence-electron chi connectivity index (χ4n) is 1.74. The molecule has 21 heavy (non-hydrogen) atoms. The van der Waals surface area contributed by atoms with E-state index in [1.54, 1.807) is 17.9 Å². The van der Waals surface area contributed by atoms with E-state index in [1.807, 2.05) is 50.5 Å². The molecule has 1 aromatic carbocycles. The Morgan fingerprint density at radius 3 is 2.71 bits per heavy atom. The summed E-state index contributed by atoms with van der Waals surface area (Å²) in [6.07, 6.45) is 3.53. The third kappa shape index (κ3) is 3.92. The van der Waals surface area contributed by atoms with Crippen LogP contribution in [-0.2, 0) is 16.7 Å². The number of nitrogens with zero attached hydrogens (tertiary/aromatic N) is 4. The van der Waals surface area contributed by atoms with Crippen molar-refractivity contribution in [2.75, 3.05) is 18.6 Å². The van der Waals surface area contributed by atoms with Crippen molar-refractivity contribution < 1.29 is 9.63 Å². The highest BCUT2D eigenvalue weighted by Gasteiger charge is 2.11. The first kappa shape index (κ1) is 14.8. The Labute approximate surface area is 123 Å². The third-order valence-electron chi connectivity index (χ3n) is 3.03. The summed E-state index contributed by atoms with van der Waals surface area (Å²) in [5, 5.41) is 7.99. The first-order valence-electron chi connectivity index (χ1n) is 6.55. The van der Waals surface area contributed by atoms with Crippen LogP contribution in [0.4, 0.5) is 5.69 Å². The van der Waals surface area contributed by atoms with Gasteiger partial charge in [0.2, 0.25) is 0 Å². The molecule has 2 aromatic rings. The normalized spacial score (nSPS) is 11.3. The van der Waals surface area contributed by atoms with Crippen molar-refractivity contribution in [2.24, 2.45) is 12.2 Å². The predicted octanol–water partition coefficient (Wildman–Crippen LogP) is 1.82. The molecule has 1 aromatic heterocycles. The van der Waals surface area contributed by atoms with Crippen molar-refractivity contribution >= 4 is 17.3 Å². The molecule has 0 fully saturated rings. The molecule has 2 rings (SSSR count). The van der Waals surface area contributed by atoms with E-state index in [1.165, 1.54) is 4.90 Å². The number of rotatable bonds is 5. The van der Waals surface area contributed by atoms with Crippen LogP contribution in [0.3, 0.4) is 0 Å².